The van der Waals surface area contributed by atoms with Crippen LogP contribution in [0.2, 0.25) is 0 Å². The molecule has 8 heteroatoms. The van der Waals surface area contributed by atoms with Gasteiger partial charge in [0.15, 0.2) is 0 Å². The van der Waals surface area contributed by atoms with Crippen LogP contribution in [0.4, 0.5) is 5.69 Å². The monoisotopic (exact) mass is 328 g/mol. The van der Waals surface area contributed by atoms with Gasteiger partial charge in [-0.25, -0.2) is 0 Å². The molecule has 0 aliphatic carbocycles. The van der Waals surface area contributed by atoms with E-state index in [4.69, 9.17) is 16.8 Å². The van der Waals surface area contributed by atoms with E-state index in [1.807, 2.05) is 42.2 Å². The Bertz CT molecular complexity index is 493. The number of hydrogen-bond donors (Lipinski definition) is 1. The van der Waals surface area contributed by atoms with Crippen LogP contribution in [0.15, 0.2) is 30.3 Å². The predicted molar refractivity (Wildman–Crippen MR) is 80.9 cm³/mol. The molecule has 0 aliphatic heterocycles. The fourth-order valence-electron chi connectivity index (χ4n) is 1.34. The molecule has 1 rings (SSSR count). The minimum Gasteiger partial charge on any atom is -0.328 e. The number of para-hydroxylation sites is 1. The van der Waals surface area contributed by atoms with Crippen molar-refractivity contribution in [3.63, 3.8) is 0 Å². The molecule has 0 fully saturated rings. The first-order chi connectivity index (χ1) is 8.44. The summed E-state index contributed by atoms with van der Waals surface area (Å²) in [7, 11) is -3.92. The Kier molecular flexibility index (Phi) is 9.51. The van der Waals surface area contributed by atoms with Crippen LogP contribution in [0.5, 0.6) is 0 Å². The number of thioether (sulfide) groups is 1. The number of hydrogen-bond acceptors (Lipinski definition) is 4. The van der Waals surface area contributed by atoms with E-state index in [9.17, 15) is 8.42 Å². The Morgan fingerprint density at radius 1 is 1.37 bits per heavy atom. The summed E-state index contributed by atoms with van der Waals surface area (Å²) in [6, 6.07) is 9.65. The average Bonchev–Trinajstić information content (AvgIpc) is 2.29. The van der Waals surface area contributed by atoms with Crippen LogP contribution < -0.4 is 34.5 Å². The largest absolute Gasteiger partial charge is 1.00 e. The molecule has 1 aromatic rings. The molecule has 0 heterocycles. The van der Waals surface area contributed by atoms with Crippen molar-refractivity contribution in [2.75, 3.05) is 23.0 Å². The van der Waals surface area contributed by atoms with Crippen molar-refractivity contribution in [1.82, 2.24) is 0 Å². The summed E-state index contributed by atoms with van der Waals surface area (Å²) in [5.74, 6) is -0.0366. The molecule has 0 aliphatic rings. The maximum absolute atomic E-state index is 10.6. The van der Waals surface area contributed by atoms with Crippen molar-refractivity contribution in [3.8, 4) is 0 Å². The normalized spacial score (nSPS) is 10.6. The van der Waals surface area contributed by atoms with E-state index in [0.29, 0.717) is 10.9 Å². The van der Waals surface area contributed by atoms with Gasteiger partial charge in [0.2, 0.25) is 0 Å². The van der Waals surface area contributed by atoms with Crippen molar-refractivity contribution in [2.45, 2.75) is 6.92 Å². The fraction of sp³-hybridized carbons (Fsp3) is 0.364. The molecule has 0 spiro atoms. The second kappa shape index (κ2) is 9.33. The van der Waals surface area contributed by atoms with Crippen LogP contribution in [-0.4, -0.2) is 35.3 Å². The third-order valence-corrected chi connectivity index (χ3v) is 4.60. The fourth-order valence-corrected chi connectivity index (χ4v) is 3.56. The molecule has 1 aromatic carbocycles. The second-order valence-corrected chi connectivity index (χ2v) is 6.78. The number of thiocarbonyl (C=S) groups is 1. The summed E-state index contributed by atoms with van der Waals surface area (Å²) in [5, 5.41) is 0. The van der Waals surface area contributed by atoms with Crippen LogP contribution in [0.3, 0.4) is 0 Å². The van der Waals surface area contributed by atoms with Crippen molar-refractivity contribution >= 4 is 44.1 Å². The van der Waals surface area contributed by atoms with E-state index >= 15 is 0 Å². The molecule has 4 nitrogen and oxygen atoms in total. The summed E-state index contributed by atoms with van der Waals surface area (Å²) in [6.07, 6.45) is 0. The van der Waals surface area contributed by atoms with Crippen LogP contribution in [-0.2, 0) is 10.1 Å². The van der Waals surface area contributed by atoms with Gasteiger partial charge in [0.05, 0.1) is 5.75 Å². The molecule has 0 saturated heterocycles. The maximum Gasteiger partial charge on any atom is 1.00 e. The molecule has 1 N–H and O–H groups in total. The Balaban J connectivity index is 0.00000324. The van der Waals surface area contributed by atoms with Crippen molar-refractivity contribution in [3.05, 3.63) is 30.3 Å². The Morgan fingerprint density at radius 3 is 2.42 bits per heavy atom. The zero-order valence-electron chi connectivity index (χ0n) is 10.9. The first kappa shape index (κ1) is 19.4. The number of benzene rings is 1. The van der Waals surface area contributed by atoms with Crippen molar-refractivity contribution < 1.29 is 42.5 Å². The molecule has 0 aromatic heterocycles. The minimum absolute atomic E-state index is 0. The van der Waals surface area contributed by atoms with E-state index in [1.165, 1.54) is 11.8 Å². The molecule has 0 amide bonds. The van der Waals surface area contributed by atoms with Crippen molar-refractivity contribution in [1.29, 1.82) is 0 Å². The number of rotatable bonds is 5. The van der Waals surface area contributed by atoms with Crippen LogP contribution >= 0.6 is 24.0 Å². The van der Waals surface area contributed by atoms with E-state index in [2.05, 4.69) is 0 Å². The van der Waals surface area contributed by atoms with E-state index in [-0.39, 0.29) is 41.1 Å². The van der Waals surface area contributed by atoms with Gasteiger partial charge in [-0.3, -0.25) is 4.55 Å². The predicted octanol–water partition coefficient (Wildman–Crippen LogP) is -0.577. The van der Waals surface area contributed by atoms with Gasteiger partial charge < -0.3 is 4.90 Å². The molecule has 100 valence electrons. The zero-order chi connectivity index (χ0) is 13.6. The van der Waals surface area contributed by atoms with Crippen LogP contribution in [0.1, 0.15) is 6.92 Å². The van der Waals surface area contributed by atoms with Gasteiger partial charge in [0.1, 0.15) is 4.32 Å². The molecule has 0 bridgehead atoms. The quantitative estimate of drug-likeness (QED) is 0.444. The van der Waals surface area contributed by atoms with Gasteiger partial charge in [-0.05, 0) is 19.1 Å². The molecular formula is C11H15NNaO3S3+. The summed E-state index contributed by atoms with van der Waals surface area (Å²) in [5.41, 5.74) is 0.976. The smallest absolute Gasteiger partial charge is 0.328 e. The topological polar surface area (TPSA) is 57.6 Å². The SMILES string of the molecule is CCN(C(=S)SCCS(=O)(=O)O)c1ccccc1.[Na+]. The van der Waals surface area contributed by atoms with Gasteiger partial charge in [-0.15, -0.1) is 0 Å². The maximum atomic E-state index is 10.6. The molecular weight excluding hydrogens is 313 g/mol. The standard InChI is InChI=1S/C11H15NO3S3.Na/c1-2-12(10-6-4-3-5-7-10)11(16)17-8-9-18(13,14)15;/h3-7H,2,8-9H2,1H3,(H,13,14,15);/q;+1. The first-order valence-corrected chi connectivity index (χ1v) is 8.39. The molecule has 19 heavy (non-hydrogen) atoms. The van der Waals surface area contributed by atoms with Gasteiger partial charge in [0, 0.05) is 18.0 Å². The third kappa shape index (κ3) is 7.65. The first-order valence-electron chi connectivity index (χ1n) is 5.38. The molecule has 0 unspecified atom stereocenters. The summed E-state index contributed by atoms with van der Waals surface area (Å²) in [4.78, 5) is 1.92. The number of nitrogens with zero attached hydrogens (tertiary/aromatic N) is 1. The minimum atomic E-state index is -3.92. The van der Waals surface area contributed by atoms with E-state index in [1.54, 1.807) is 0 Å². The summed E-state index contributed by atoms with van der Waals surface area (Å²) < 4.78 is 30.5. The second-order valence-electron chi connectivity index (χ2n) is 3.48. The average molecular weight is 328 g/mol. The van der Waals surface area contributed by atoms with Gasteiger partial charge in [0.25, 0.3) is 10.1 Å². The Hall–Kier alpha value is 0.370. The molecule has 0 radical (unpaired) electrons. The van der Waals surface area contributed by atoms with Crippen LogP contribution in [0, 0.1) is 0 Å². The van der Waals surface area contributed by atoms with E-state index in [0.717, 1.165) is 5.69 Å². The Morgan fingerprint density at radius 2 is 1.95 bits per heavy atom. The van der Waals surface area contributed by atoms with E-state index < -0.39 is 10.1 Å². The van der Waals surface area contributed by atoms with Crippen molar-refractivity contribution in [2.24, 2.45) is 0 Å². The summed E-state index contributed by atoms with van der Waals surface area (Å²) in [6.45, 7) is 2.68. The zero-order valence-corrected chi connectivity index (χ0v) is 15.4. The Labute approximate surface area is 146 Å². The molecule has 0 atom stereocenters. The third-order valence-electron chi connectivity index (χ3n) is 2.17. The molecule has 0 saturated carbocycles. The van der Waals surface area contributed by atoms with Gasteiger partial charge in [-0.1, -0.05) is 42.2 Å². The summed E-state index contributed by atoms with van der Waals surface area (Å²) >= 11 is 6.51. The van der Waals surface area contributed by atoms with Gasteiger partial charge in [-0.2, -0.15) is 8.42 Å². The number of anilines is 1. The van der Waals surface area contributed by atoms with Crippen LogP contribution in [0.25, 0.3) is 0 Å². The van der Waals surface area contributed by atoms with Gasteiger partial charge >= 0.3 is 29.6 Å².